The fourth-order valence-corrected chi connectivity index (χ4v) is 1.62. The first-order valence-corrected chi connectivity index (χ1v) is 5.39. The Morgan fingerprint density at radius 1 is 1.53 bits per heavy atom. The molecule has 17 heavy (non-hydrogen) atoms. The van der Waals surface area contributed by atoms with Crippen molar-refractivity contribution in [3.63, 3.8) is 0 Å². The molecule has 1 aromatic rings. The number of carbonyl (C=O) groups is 1. The lowest BCUT2D eigenvalue weighted by atomic mass is 10.0. The van der Waals surface area contributed by atoms with Gasteiger partial charge in [0.15, 0.2) is 0 Å². The maximum absolute atomic E-state index is 11.0. The molecule has 2 atom stereocenters. The minimum absolute atomic E-state index is 0.278. The smallest absolute Gasteiger partial charge is 0.308 e. The molecule has 1 heterocycles. The van der Waals surface area contributed by atoms with Gasteiger partial charge in [-0.3, -0.25) is 4.79 Å². The van der Waals surface area contributed by atoms with Crippen molar-refractivity contribution in [3.8, 4) is 0 Å². The van der Waals surface area contributed by atoms with Crippen LogP contribution in [0.4, 0.5) is 0 Å². The van der Waals surface area contributed by atoms with Crippen LogP contribution in [0.5, 0.6) is 0 Å². The second-order valence-electron chi connectivity index (χ2n) is 3.60. The van der Waals surface area contributed by atoms with E-state index < -0.39 is 18.2 Å². The number of aliphatic hydroxyl groups excluding tert-OH is 2. The summed E-state index contributed by atoms with van der Waals surface area (Å²) in [5.41, 5.74) is 0.944. The third kappa shape index (κ3) is 3.66. The first-order valence-electron chi connectivity index (χ1n) is 5.01. The highest BCUT2D eigenvalue weighted by atomic mass is 35.5. The van der Waals surface area contributed by atoms with E-state index in [2.05, 4.69) is 9.72 Å². The Hall–Kier alpha value is -1.17. The minimum Gasteiger partial charge on any atom is -0.469 e. The van der Waals surface area contributed by atoms with Crippen LogP contribution in [0.2, 0.25) is 5.15 Å². The molecule has 94 valence electrons. The second-order valence-corrected chi connectivity index (χ2v) is 3.99. The van der Waals surface area contributed by atoms with Crippen molar-refractivity contribution in [3.05, 3.63) is 28.5 Å². The number of aryl methyl sites for hydroxylation is 1. The number of nitrogens with zero attached hydrogens (tertiary/aromatic N) is 1. The molecule has 2 unspecified atom stereocenters. The van der Waals surface area contributed by atoms with Crippen molar-refractivity contribution in [2.45, 2.75) is 25.6 Å². The Kier molecular flexibility index (Phi) is 4.86. The normalized spacial score (nSPS) is 14.2. The van der Waals surface area contributed by atoms with E-state index in [4.69, 9.17) is 11.6 Å². The molecular weight excluding hydrogens is 246 g/mol. The predicted molar refractivity (Wildman–Crippen MR) is 61.6 cm³/mol. The highest BCUT2D eigenvalue weighted by Crippen LogP contribution is 2.22. The van der Waals surface area contributed by atoms with Crippen molar-refractivity contribution in [1.29, 1.82) is 0 Å². The van der Waals surface area contributed by atoms with Crippen LogP contribution >= 0.6 is 11.6 Å². The fraction of sp³-hybridized carbons (Fsp3) is 0.455. The van der Waals surface area contributed by atoms with Gasteiger partial charge in [0.25, 0.3) is 0 Å². The quantitative estimate of drug-likeness (QED) is 0.623. The zero-order valence-electron chi connectivity index (χ0n) is 9.55. The molecule has 0 aromatic carbocycles. The van der Waals surface area contributed by atoms with Crippen LogP contribution in [0.3, 0.4) is 0 Å². The van der Waals surface area contributed by atoms with Crippen molar-refractivity contribution in [2.75, 3.05) is 7.11 Å². The highest BCUT2D eigenvalue weighted by Gasteiger charge is 2.23. The summed E-state index contributed by atoms with van der Waals surface area (Å²) in [6.45, 7) is 1.66. The number of hydrogen-bond donors (Lipinski definition) is 2. The van der Waals surface area contributed by atoms with Gasteiger partial charge >= 0.3 is 5.97 Å². The average molecular weight is 260 g/mol. The molecule has 0 saturated carbocycles. The lowest BCUT2D eigenvalue weighted by Crippen LogP contribution is -2.23. The molecule has 1 aromatic heterocycles. The molecule has 2 N–H and O–H groups in total. The molecule has 0 aliphatic heterocycles. The molecule has 6 heteroatoms. The predicted octanol–water partition coefficient (Wildman–Crippen LogP) is 1.00. The van der Waals surface area contributed by atoms with Crippen LogP contribution < -0.4 is 0 Å². The number of hydrogen-bond acceptors (Lipinski definition) is 5. The summed E-state index contributed by atoms with van der Waals surface area (Å²) in [5, 5.41) is 19.8. The first kappa shape index (κ1) is 13.9. The molecular formula is C11H14ClNO4. The summed E-state index contributed by atoms with van der Waals surface area (Å²) in [5.74, 6) is -0.587. The number of methoxy groups -OCH3 is 1. The first-order chi connectivity index (χ1) is 7.95. The monoisotopic (exact) mass is 259 g/mol. The fourth-order valence-electron chi connectivity index (χ4n) is 1.43. The topological polar surface area (TPSA) is 79.7 Å². The van der Waals surface area contributed by atoms with Crippen LogP contribution in [-0.4, -0.2) is 34.4 Å². The number of halogens is 1. The van der Waals surface area contributed by atoms with Crippen LogP contribution in [0.25, 0.3) is 0 Å². The Morgan fingerprint density at radius 2 is 2.18 bits per heavy atom. The van der Waals surface area contributed by atoms with E-state index in [1.807, 2.05) is 0 Å². The summed E-state index contributed by atoms with van der Waals surface area (Å²) in [4.78, 5) is 14.9. The van der Waals surface area contributed by atoms with Crippen LogP contribution in [0.1, 0.15) is 23.8 Å². The SMILES string of the molecule is COC(=O)CC(O)C(O)c1ccc(Cl)nc1C. The minimum atomic E-state index is -1.23. The largest absolute Gasteiger partial charge is 0.469 e. The maximum atomic E-state index is 11.0. The molecule has 0 radical (unpaired) electrons. The van der Waals surface area contributed by atoms with Gasteiger partial charge < -0.3 is 14.9 Å². The van der Waals surface area contributed by atoms with Gasteiger partial charge in [0.05, 0.1) is 19.6 Å². The number of pyridine rings is 1. The number of aliphatic hydroxyl groups is 2. The highest BCUT2D eigenvalue weighted by molar-refractivity contribution is 6.29. The molecule has 5 nitrogen and oxygen atoms in total. The second kappa shape index (κ2) is 5.95. The molecule has 0 aliphatic carbocycles. The number of ether oxygens (including phenoxy) is 1. The third-order valence-corrected chi connectivity index (χ3v) is 2.59. The lowest BCUT2D eigenvalue weighted by Gasteiger charge is -2.18. The van der Waals surface area contributed by atoms with Gasteiger partial charge in [-0.1, -0.05) is 17.7 Å². The van der Waals surface area contributed by atoms with Gasteiger partial charge in [0, 0.05) is 11.3 Å². The summed E-state index contributed by atoms with van der Waals surface area (Å²) < 4.78 is 4.41. The summed E-state index contributed by atoms with van der Waals surface area (Å²) in [7, 11) is 1.22. The van der Waals surface area contributed by atoms with Crippen LogP contribution in [0.15, 0.2) is 12.1 Å². The van der Waals surface area contributed by atoms with Gasteiger partial charge in [-0.15, -0.1) is 0 Å². The van der Waals surface area contributed by atoms with Crippen molar-refractivity contribution in [2.24, 2.45) is 0 Å². The summed E-state index contributed by atoms with van der Waals surface area (Å²) in [6.07, 6.45) is -2.71. The van der Waals surface area contributed by atoms with Crippen molar-refractivity contribution in [1.82, 2.24) is 4.98 Å². The number of rotatable bonds is 4. The summed E-state index contributed by atoms with van der Waals surface area (Å²) >= 11 is 5.68. The maximum Gasteiger partial charge on any atom is 0.308 e. The van der Waals surface area contributed by atoms with E-state index in [0.717, 1.165) is 0 Å². The van der Waals surface area contributed by atoms with E-state index in [0.29, 0.717) is 16.4 Å². The average Bonchev–Trinajstić information content (AvgIpc) is 2.28. The third-order valence-electron chi connectivity index (χ3n) is 2.38. The number of esters is 1. The van der Waals surface area contributed by atoms with Gasteiger partial charge in [-0.05, 0) is 13.0 Å². The van der Waals surface area contributed by atoms with E-state index in [1.54, 1.807) is 13.0 Å². The Balaban J connectivity index is 2.81. The van der Waals surface area contributed by atoms with Gasteiger partial charge in [0.1, 0.15) is 11.3 Å². The van der Waals surface area contributed by atoms with E-state index >= 15 is 0 Å². The van der Waals surface area contributed by atoms with E-state index in [1.165, 1.54) is 13.2 Å². The molecule has 0 amide bonds. The Labute approximate surface area is 104 Å². The van der Waals surface area contributed by atoms with Crippen molar-refractivity contribution >= 4 is 17.6 Å². The number of carbonyl (C=O) groups excluding carboxylic acids is 1. The van der Waals surface area contributed by atoms with Crippen LogP contribution in [-0.2, 0) is 9.53 Å². The zero-order chi connectivity index (χ0) is 13.0. The Morgan fingerprint density at radius 3 is 2.71 bits per heavy atom. The molecule has 0 saturated heterocycles. The van der Waals surface area contributed by atoms with Gasteiger partial charge in [-0.25, -0.2) is 4.98 Å². The number of aromatic nitrogens is 1. The van der Waals surface area contributed by atoms with Crippen LogP contribution in [0, 0.1) is 6.92 Å². The lowest BCUT2D eigenvalue weighted by molar-refractivity contribution is -0.144. The van der Waals surface area contributed by atoms with Gasteiger partial charge in [-0.2, -0.15) is 0 Å². The Bertz CT molecular complexity index is 410. The summed E-state index contributed by atoms with van der Waals surface area (Å²) in [6, 6.07) is 3.08. The standard InChI is InChI=1S/C11H14ClNO4/c1-6-7(3-4-9(12)13-6)11(16)8(14)5-10(15)17-2/h3-4,8,11,14,16H,5H2,1-2H3. The molecule has 0 fully saturated rings. The van der Waals surface area contributed by atoms with Gasteiger partial charge in [0.2, 0.25) is 0 Å². The molecule has 0 aliphatic rings. The van der Waals surface area contributed by atoms with E-state index in [9.17, 15) is 15.0 Å². The molecule has 1 rings (SSSR count). The molecule has 0 bridgehead atoms. The molecule has 0 spiro atoms. The van der Waals surface area contributed by atoms with Crippen molar-refractivity contribution < 1.29 is 19.7 Å². The van der Waals surface area contributed by atoms with E-state index in [-0.39, 0.29) is 6.42 Å². The zero-order valence-corrected chi connectivity index (χ0v) is 10.3.